The number of halogens is 1. The van der Waals surface area contributed by atoms with Gasteiger partial charge in [-0.05, 0) is 50.9 Å². The van der Waals surface area contributed by atoms with E-state index in [-0.39, 0.29) is 28.1 Å². The normalized spacial score (nSPS) is 16.0. The predicted octanol–water partition coefficient (Wildman–Crippen LogP) is 3.38. The molecular formula is C21H31ClN4O4. The molecule has 9 heteroatoms. The predicted molar refractivity (Wildman–Crippen MR) is 117 cm³/mol. The maximum absolute atomic E-state index is 12.6. The highest BCUT2D eigenvalue weighted by Gasteiger charge is 2.26. The van der Waals surface area contributed by atoms with Gasteiger partial charge in [-0.1, -0.05) is 38.3 Å². The molecule has 1 fully saturated rings. The Bertz CT molecular complexity index is 749. The van der Waals surface area contributed by atoms with Crippen LogP contribution in [0.1, 0.15) is 56.3 Å². The Morgan fingerprint density at radius 2 is 1.87 bits per heavy atom. The van der Waals surface area contributed by atoms with E-state index < -0.39 is 16.9 Å². The average molecular weight is 439 g/mol. The Kier molecular flexibility index (Phi) is 9.52. The topological polar surface area (TPSA) is 105 Å². The summed E-state index contributed by atoms with van der Waals surface area (Å²) >= 11 is 6.03. The lowest BCUT2D eigenvalue weighted by atomic mass is 10.0. The van der Waals surface area contributed by atoms with Crippen LogP contribution in [0.2, 0.25) is 5.02 Å². The molecule has 2 amide bonds. The molecule has 1 aliphatic rings. The van der Waals surface area contributed by atoms with Crippen molar-refractivity contribution in [1.29, 1.82) is 0 Å². The molecule has 166 valence electrons. The number of rotatable bonds is 9. The summed E-state index contributed by atoms with van der Waals surface area (Å²) in [4.78, 5) is 37.9. The zero-order valence-electron chi connectivity index (χ0n) is 17.7. The van der Waals surface area contributed by atoms with Crippen LogP contribution in [0.15, 0.2) is 18.2 Å². The number of amides is 2. The molecule has 0 saturated carbocycles. The molecule has 0 aliphatic carbocycles. The lowest BCUT2D eigenvalue weighted by molar-refractivity contribution is -0.384. The number of likely N-dealkylation sites (tertiary alicyclic amines) is 1. The van der Waals surface area contributed by atoms with Gasteiger partial charge in [0.25, 0.3) is 11.6 Å². The summed E-state index contributed by atoms with van der Waals surface area (Å²) in [6.07, 6.45) is 5.92. The van der Waals surface area contributed by atoms with E-state index in [4.69, 9.17) is 11.6 Å². The zero-order valence-corrected chi connectivity index (χ0v) is 18.4. The van der Waals surface area contributed by atoms with Gasteiger partial charge in [-0.15, -0.1) is 0 Å². The molecule has 0 aromatic heterocycles. The first-order valence-corrected chi connectivity index (χ1v) is 10.9. The third-order valence-electron chi connectivity index (χ3n) is 5.29. The first-order chi connectivity index (χ1) is 14.3. The minimum atomic E-state index is -0.720. The summed E-state index contributed by atoms with van der Waals surface area (Å²) in [5.74, 6) is -0.906. The second-order valence-corrected chi connectivity index (χ2v) is 8.42. The lowest BCUT2D eigenvalue weighted by Gasteiger charge is -2.23. The van der Waals surface area contributed by atoms with E-state index >= 15 is 0 Å². The van der Waals surface area contributed by atoms with E-state index in [0.717, 1.165) is 32.1 Å². The Morgan fingerprint density at radius 1 is 1.20 bits per heavy atom. The number of non-ortho nitro benzene ring substituents is 1. The van der Waals surface area contributed by atoms with Crippen LogP contribution in [-0.4, -0.2) is 53.9 Å². The maximum atomic E-state index is 12.6. The van der Waals surface area contributed by atoms with Gasteiger partial charge in [0.1, 0.15) is 6.04 Å². The Hall–Kier alpha value is -2.19. The highest BCUT2D eigenvalue weighted by molar-refractivity contribution is 6.34. The Balaban J connectivity index is 1.87. The van der Waals surface area contributed by atoms with Gasteiger partial charge in [0.05, 0.1) is 15.5 Å². The van der Waals surface area contributed by atoms with Crippen molar-refractivity contribution in [1.82, 2.24) is 15.5 Å². The monoisotopic (exact) mass is 438 g/mol. The van der Waals surface area contributed by atoms with Crippen molar-refractivity contribution in [3.05, 3.63) is 38.9 Å². The van der Waals surface area contributed by atoms with Crippen molar-refractivity contribution < 1.29 is 14.5 Å². The Labute approximate surface area is 182 Å². The first-order valence-electron chi connectivity index (χ1n) is 10.5. The third-order valence-corrected chi connectivity index (χ3v) is 5.61. The van der Waals surface area contributed by atoms with E-state index in [9.17, 15) is 19.7 Å². The molecule has 0 spiro atoms. The van der Waals surface area contributed by atoms with Crippen LogP contribution in [0.25, 0.3) is 0 Å². The minimum absolute atomic E-state index is 0.0259. The van der Waals surface area contributed by atoms with Crippen LogP contribution >= 0.6 is 11.6 Å². The molecule has 8 nitrogen and oxygen atoms in total. The van der Waals surface area contributed by atoms with Gasteiger partial charge in [0.15, 0.2) is 0 Å². The van der Waals surface area contributed by atoms with Gasteiger partial charge in [-0.25, -0.2) is 0 Å². The van der Waals surface area contributed by atoms with Crippen LogP contribution in [0.5, 0.6) is 0 Å². The van der Waals surface area contributed by atoms with Crippen LogP contribution < -0.4 is 10.6 Å². The SMILES string of the molecule is CC(C)C(NC(=O)c1ccc([N+](=O)[O-])cc1Cl)C(=O)NCCCN1CCCCCC1. The van der Waals surface area contributed by atoms with Gasteiger partial charge in [0, 0.05) is 18.7 Å². The molecule has 1 heterocycles. The molecule has 1 atom stereocenters. The second kappa shape index (κ2) is 11.9. The quantitative estimate of drug-likeness (QED) is 0.349. The molecule has 1 saturated heterocycles. The fourth-order valence-corrected chi connectivity index (χ4v) is 3.80. The summed E-state index contributed by atoms with van der Waals surface area (Å²) in [6, 6.07) is 2.92. The van der Waals surface area contributed by atoms with Crippen molar-refractivity contribution in [3.8, 4) is 0 Å². The van der Waals surface area contributed by atoms with Gasteiger partial charge >= 0.3 is 0 Å². The summed E-state index contributed by atoms with van der Waals surface area (Å²) in [5.41, 5.74) is -0.0963. The molecule has 0 radical (unpaired) electrons. The fourth-order valence-electron chi connectivity index (χ4n) is 3.54. The number of hydrogen-bond acceptors (Lipinski definition) is 5. The Morgan fingerprint density at radius 3 is 2.43 bits per heavy atom. The number of nitrogens with zero attached hydrogens (tertiary/aromatic N) is 2. The largest absolute Gasteiger partial charge is 0.354 e. The number of carbonyl (C=O) groups is 2. The van der Waals surface area contributed by atoms with E-state index in [1.807, 2.05) is 13.8 Å². The lowest BCUT2D eigenvalue weighted by Crippen LogP contribution is -2.50. The smallest absolute Gasteiger partial charge is 0.270 e. The highest BCUT2D eigenvalue weighted by Crippen LogP contribution is 2.22. The van der Waals surface area contributed by atoms with Crippen molar-refractivity contribution in [3.63, 3.8) is 0 Å². The zero-order chi connectivity index (χ0) is 22.1. The number of nitro groups is 1. The van der Waals surface area contributed by atoms with Crippen LogP contribution in [0.4, 0.5) is 5.69 Å². The number of hydrogen-bond donors (Lipinski definition) is 2. The molecule has 1 aromatic rings. The first kappa shape index (κ1) is 24.1. The van der Waals surface area contributed by atoms with E-state index in [2.05, 4.69) is 15.5 Å². The molecule has 2 N–H and O–H groups in total. The minimum Gasteiger partial charge on any atom is -0.354 e. The summed E-state index contributed by atoms with van der Waals surface area (Å²) in [7, 11) is 0. The van der Waals surface area contributed by atoms with Crippen LogP contribution in [0.3, 0.4) is 0 Å². The molecule has 1 unspecified atom stereocenters. The van der Waals surface area contributed by atoms with Gasteiger partial charge < -0.3 is 15.5 Å². The molecule has 2 rings (SSSR count). The van der Waals surface area contributed by atoms with E-state index in [1.165, 1.54) is 37.8 Å². The third kappa shape index (κ3) is 7.25. The number of nitrogens with one attached hydrogen (secondary N) is 2. The molecular weight excluding hydrogens is 408 g/mol. The van der Waals surface area contributed by atoms with Crippen LogP contribution in [0, 0.1) is 16.0 Å². The standard InChI is InChI=1S/C21H31ClN4O4/c1-15(2)19(21(28)23-10-7-13-25-11-5-3-4-6-12-25)24-20(27)17-9-8-16(26(29)30)14-18(17)22/h8-9,14-15,19H,3-7,10-13H2,1-2H3,(H,23,28)(H,24,27). The van der Waals surface area contributed by atoms with Crippen molar-refractivity contribution >= 4 is 29.1 Å². The van der Waals surface area contributed by atoms with Crippen molar-refractivity contribution in [2.75, 3.05) is 26.2 Å². The molecule has 0 bridgehead atoms. The van der Waals surface area contributed by atoms with Gasteiger partial charge in [0.2, 0.25) is 5.91 Å². The molecule has 1 aromatic carbocycles. The fraction of sp³-hybridized carbons (Fsp3) is 0.619. The van der Waals surface area contributed by atoms with E-state index in [0.29, 0.717) is 6.54 Å². The van der Waals surface area contributed by atoms with Gasteiger partial charge in [-0.3, -0.25) is 19.7 Å². The summed E-state index contributed by atoms with van der Waals surface area (Å²) < 4.78 is 0. The maximum Gasteiger partial charge on any atom is 0.270 e. The number of carbonyl (C=O) groups excluding carboxylic acids is 2. The second-order valence-electron chi connectivity index (χ2n) is 8.02. The molecule has 30 heavy (non-hydrogen) atoms. The number of nitro benzene ring substituents is 1. The number of benzene rings is 1. The van der Waals surface area contributed by atoms with Crippen molar-refractivity contribution in [2.45, 2.75) is 52.0 Å². The van der Waals surface area contributed by atoms with Crippen molar-refractivity contribution in [2.24, 2.45) is 5.92 Å². The van der Waals surface area contributed by atoms with Crippen LogP contribution in [-0.2, 0) is 4.79 Å². The van der Waals surface area contributed by atoms with E-state index in [1.54, 1.807) is 0 Å². The summed E-state index contributed by atoms with van der Waals surface area (Å²) in [6.45, 7) is 7.44. The summed E-state index contributed by atoms with van der Waals surface area (Å²) in [5, 5.41) is 16.4. The van der Waals surface area contributed by atoms with Gasteiger partial charge in [-0.2, -0.15) is 0 Å². The molecule has 1 aliphatic heterocycles. The highest BCUT2D eigenvalue weighted by atomic mass is 35.5. The average Bonchev–Trinajstić information content (AvgIpc) is 2.97.